The van der Waals surface area contributed by atoms with Gasteiger partial charge in [0, 0.05) is 17.5 Å². The average Bonchev–Trinajstić information content (AvgIpc) is 2.84. The highest BCUT2D eigenvalue weighted by atomic mass is 35.5. The fraction of sp³-hybridized carbons (Fsp3) is 0.613. The van der Waals surface area contributed by atoms with Crippen molar-refractivity contribution in [2.24, 2.45) is 0 Å². The second-order valence-electron chi connectivity index (χ2n) is 10.7. The number of halogens is 1. The average molecular weight is 488 g/mol. The molecule has 2 aromatic rings. The van der Waals surface area contributed by atoms with Crippen molar-refractivity contribution in [3.8, 4) is 0 Å². The first-order chi connectivity index (χ1) is 16.2. The van der Waals surface area contributed by atoms with E-state index in [4.69, 9.17) is 4.84 Å². The Morgan fingerprint density at radius 3 is 1.82 bits per heavy atom. The third-order valence-electron chi connectivity index (χ3n) is 6.99. The Morgan fingerprint density at radius 1 is 0.882 bits per heavy atom. The molecule has 0 aromatic heterocycles. The Balaban J connectivity index is 0.00000137. The molecule has 192 valence electrons. The minimum atomic E-state index is 0.0274. The van der Waals surface area contributed by atoms with Crippen molar-refractivity contribution in [1.82, 2.24) is 5.06 Å². The van der Waals surface area contributed by atoms with Gasteiger partial charge in [0.05, 0.1) is 0 Å². The van der Waals surface area contributed by atoms with E-state index < -0.39 is 0 Å². The zero-order chi connectivity index (χ0) is 25.8. The number of rotatable bonds is 8. The number of hydrogen-bond donors (Lipinski definition) is 0. The number of piperidine rings is 1. The van der Waals surface area contributed by atoms with E-state index in [2.05, 4.69) is 119 Å². The van der Waals surface area contributed by atoms with E-state index in [1.54, 1.807) is 0 Å². The molecule has 0 saturated carbocycles. The highest BCUT2D eigenvalue weighted by Gasteiger charge is 2.44. The maximum Gasteiger partial charge on any atom is 0.105 e. The maximum atomic E-state index is 7.00. The van der Waals surface area contributed by atoms with Gasteiger partial charge in [0.1, 0.15) is 6.10 Å². The molecule has 1 fully saturated rings. The number of hydroxylamine groups is 2. The molecule has 0 N–H and O–H groups in total. The predicted octanol–water partition coefficient (Wildman–Crippen LogP) is 9.73. The van der Waals surface area contributed by atoms with Gasteiger partial charge in [0.25, 0.3) is 0 Å². The summed E-state index contributed by atoms with van der Waals surface area (Å²) in [5.74, 6) is 0. The van der Waals surface area contributed by atoms with Gasteiger partial charge in [-0.05, 0) is 76.3 Å². The molecule has 2 unspecified atom stereocenters. The lowest BCUT2D eigenvalue weighted by Gasteiger charge is -2.53. The first-order valence-electron chi connectivity index (χ1n) is 13.1. The third kappa shape index (κ3) is 8.11. The van der Waals surface area contributed by atoms with Crippen molar-refractivity contribution >= 4 is 11.6 Å². The monoisotopic (exact) mass is 487 g/mol. The highest BCUT2D eigenvalue weighted by Crippen LogP contribution is 2.44. The summed E-state index contributed by atoms with van der Waals surface area (Å²) in [7, 11) is 0. The summed E-state index contributed by atoms with van der Waals surface area (Å²) in [6, 6.07) is 21.8. The van der Waals surface area contributed by atoms with Crippen LogP contribution in [-0.2, 0) is 10.3 Å². The van der Waals surface area contributed by atoms with E-state index in [0.29, 0.717) is 0 Å². The first kappa shape index (κ1) is 30.7. The van der Waals surface area contributed by atoms with Gasteiger partial charge in [-0.2, -0.15) is 5.06 Å². The number of nitrogens with zero attached hydrogens (tertiary/aromatic N) is 1. The van der Waals surface area contributed by atoms with Crippen LogP contribution in [0, 0.1) is 0 Å². The molecule has 3 rings (SSSR count). The smallest absolute Gasteiger partial charge is 0.105 e. The Morgan fingerprint density at radius 2 is 1.35 bits per heavy atom. The third-order valence-corrected chi connectivity index (χ3v) is 6.99. The van der Waals surface area contributed by atoms with Crippen LogP contribution in [0.5, 0.6) is 0 Å². The van der Waals surface area contributed by atoms with E-state index >= 15 is 0 Å². The molecular formula is C31H50ClNO. The van der Waals surface area contributed by atoms with Crippen LogP contribution in [0.3, 0.4) is 0 Å². The first-order valence-corrected chi connectivity index (χ1v) is 13.9. The summed E-state index contributed by atoms with van der Waals surface area (Å²) >= 11 is 4.64. The molecule has 2 nitrogen and oxygen atoms in total. The highest BCUT2D eigenvalue weighted by molar-refractivity contribution is 6.15. The van der Waals surface area contributed by atoms with Gasteiger partial charge in [-0.1, -0.05) is 94.8 Å². The second kappa shape index (κ2) is 14.3. The molecule has 0 bridgehead atoms. The topological polar surface area (TPSA) is 12.5 Å². The van der Waals surface area contributed by atoms with Crippen LogP contribution in [0.25, 0.3) is 0 Å². The second-order valence-corrected chi connectivity index (χ2v) is 10.7. The minimum absolute atomic E-state index is 0.0274. The van der Waals surface area contributed by atoms with Gasteiger partial charge in [-0.3, -0.25) is 4.84 Å². The van der Waals surface area contributed by atoms with Gasteiger partial charge in [-0.15, -0.1) is 11.6 Å². The molecular weight excluding hydrogens is 438 g/mol. The number of hydrogen-bond acceptors (Lipinski definition) is 2. The van der Waals surface area contributed by atoms with E-state index in [1.807, 2.05) is 13.8 Å². The van der Waals surface area contributed by atoms with Crippen LogP contribution >= 0.6 is 11.6 Å². The maximum absolute atomic E-state index is 7.00. The van der Waals surface area contributed by atoms with Gasteiger partial charge in [0.15, 0.2) is 0 Å². The van der Waals surface area contributed by atoms with Crippen molar-refractivity contribution in [2.75, 3.05) is 6.38 Å². The van der Waals surface area contributed by atoms with Crippen LogP contribution in [-0.4, -0.2) is 22.5 Å². The Bertz CT molecular complexity index is 774. The lowest BCUT2D eigenvalue weighted by Crippen LogP contribution is -2.58. The summed E-state index contributed by atoms with van der Waals surface area (Å²) in [5, 5.41) is 2.33. The van der Waals surface area contributed by atoms with Crippen LogP contribution in [0.4, 0.5) is 0 Å². The molecule has 1 heterocycles. The van der Waals surface area contributed by atoms with Crippen molar-refractivity contribution in [3.63, 3.8) is 0 Å². The summed E-state index contributed by atoms with van der Waals surface area (Å²) in [5.41, 5.74) is 2.81. The van der Waals surface area contributed by atoms with Crippen molar-refractivity contribution in [1.29, 1.82) is 0 Å². The summed E-state index contributed by atoms with van der Waals surface area (Å²) in [4.78, 5) is 7.00. The quantitative estimate of drug-likeness (QED) is 0.343. The Hall–Kier alpha value is -1.35. The molecule has 3 heteroatoms. The Kier molecular flexibility index (Phi) is 12.9. The molecule has 1 saturated heterocycles. The van der Waals surface area contributed by atoms with Gasteiger partial charge < -0.3 is 0 Å². The van der Waals surface area contributed by atoms with Gasteiger partial charge >= 0.3 is 0 Å². The standard InChI is InChI=1S/C28H41NO.C2H6.CH3Cl/c1-7-19-28(6,24-17-12-9-13-18-24)22-25(23-15-10-8-11-16-23)30-29-26(2,3)20-14-21-27(29,4)5;2*1-2/h8-13,15-18,25H,7,14,19-22H2,1-6H3;1-2H3;1H3. The van der Waals surface area contributed by atoms with E-state index in [0.717, 1.165) is 19.3 Å². The van der Waals surface area contributed by atoms with Crippen LogP contribution < -0.4 is 0 Å². The van der Waals surface area contributed by atoms with Crippen molar-refractivity contribution < 1.29 is 4.84 Å². The summed E-state index contributed by atoms with van der Waals surface area (Å²) in [6.45, 7) is 18.0. The fourth-order valence-electron chi connectivity index (χ4n) is 5.44. The molecule has 34 heavy (non-hydrogen) atoms. The number of alkyl halides is 1. The molecule has 0 amide bonds. The zero-order valence-corrected chi connectivity index (χ0v) is 24.1. The van der Waals surface area contributed by atoms with Gasteiger partial charge in [0.2, 0.25) is 0 Å². The lowest BCUT2D eigenvalue weighted by molar-refractivity contribution is -0.310. The lowest BCUT2D eigenvalue weighted by atomic mass is 9.73. The zero-order valence-electron chi connectivity index (χ0n) is 23.3. The summed E-state index contributed by atoms with van der Waals surface area (Å²) in [6.07, 6.45) is 8.38. The van der Waals surface area contributed by atoms with E-state index in [1.165, 1.54) is 36.8 Å². The van der Waals surface area contributed by atoms with Gasteiger partial charge in [-0.25, -0.2) is 0 Å². The molecule has 2 aromatic carbocycles. The van der Waals surface area contributed by atoms with Crippen LogP contribution in [0.2, 0.25) is 0 Å². The molecule has 0 radical (unpaired) electrons. The minimum Gasteiger partial charge on any atom is -0.290 e. The molecule has 0 aliphatic carbocycles. The largest absolute Gasteiger partial charge is 0.290 e. The predicted molar refractivity (Wildman–Crippen MR) is 151 cm³/mol. The van der Waals surface area contributed by atoms with Crippen LogP contribution in [0.15, 0.2) is 60.7 Å². The van der Waals surface area contributed by atoms with E-state index in [9.17, 15) is 0 Å². The molecule has 0 spiro atoms. The normalized spacial score (nSPS) is 19.5. The Labute approximate surface area is 216 Å². The summed E-state index contributed by atoms with van der Waals surface area (Å²) < 4.78 is 0. The fourth-order valence-corrected chi connectivity index (χ4v) is 5.44. The SMILES string of the molecule is CC.CCCC(C)(CC(ON1C(C)(C)CCCC1(C)C)c1ccccc1)c1ccccc1.CCl. The van der Waals surface area contributed by atoms with Crippen molar-refractivity contribution in [3.05, 3.63) is 71.8 Å². The molecule has 1 aliphatic heterocycles. The molecule has 1 aliphatic rings. The van der Waals surface area contributed by atoms with Crippen LogP contribution in [0.1, 0.15) is 111 Å². The van der Waals surface area contributed by atoms with Crippen molar-refractivity contribution in [2.45, 2.75) is 117 Å². The number of benzene rings is 2. The molecule has 2 atom stereocenters. The van der Waals surface area contributed by atoms with E-state index in [-0.39, 0.29) is 22.6 Å².